The highest BCUT2D eigenvalue weighted by Crippen LogP contribution is 2.30. The molecule has 0 spiro atoms. The van der Waals surface area contributed by atoms with Gasteiger partial charge >= 0.3 is 0 Å². The van der Waals surface area contributed by atoms with Gasteiger partial charge in [-0.2, -0.15) is 0 Å². The van der Waals surface area contributed by atoms with Gasteiger partial charge in [0.25, 0.3) is 5.91 Å². The van der Waals surface area contributed by atoms with E-state index in [9.17, 15) is 9.59 Å². The van der Waals surface area contributed by atoms with Gasteiger partial charge in [0.2, 0.25) is 5.91 Å². The molecule has 6 heteroatoms. The Bertz CT molecular complexity index is 794. The second-order valence-corrected chi connectivity index (χ2v) is 6.07. The lowest BCUT2D eigenvalue weighted by Gasteiger charge is -2.26. The number of ether oxygens (including phenoxy) is 1. The van der Waals surface area contributed by atoms with Crippen molar-refractivity contribution in [3.63, 3.8) is 0 Å². The summed E-state index contributed by atoms with van der Waals surface area (Å²) in [6.45, 7) is 6.09. The molecule has 0 bridgehead atoms. The molecule has 1 aliphatic rings. The summed E-state index contributed by atoms with van der Waals surface area (Å²) in [5.74, 6) is 0.527. The van der Waals surface area contributed by atoms with E-state index in [0.717, 1.165) is 35.3 Å². The summed E-state index contributed by atoms with van der Waals surface area (Å²) in [7, 11) is 1.62. The fraction of sp³-hybridized carbons (Fsp3) is 0.444. The van der Waals surface area contributed by atoms with Crippen LogP contribution in [0.15, 0.2) is 18.2 Å². The van der Waals surface area contributed by atoms with E-state index in [1.165, 1.54) is 0 Å². The topological polar surface area (TPSA) is 63.6 Å². The van der Waals surface area contributed by atoms with Crippen molar-refractivity contribution in [2.75, 3.05) is 26.7 Å². The van der Waals surface area contributed by atoms with E-state index >= 15 is 0 Å². The van der Waals surface area contributed by atoms with Crippen molar-refractivity contribution < 1.29 is 14.3 Å². The number of amides is 2. The zero-order chi connectivity index (χ0) is 17.3. The van der Waals surface area contributed by atoms with Gasteiger partial charge in [-0.3, -0.25) is 9.59 Å². The Hall–Kier alpha value is -2.50. The Morgan fingerprint density at radius 2 is 2.17 bits per heavy atom. The van der Waals surface area contributed by atoms with Crippen LogP contribution < -0.4 is 10.1 Å². The molecule has 0 radical (unpaired) electrons. The molecule has 1 fully saturated rings. The molecule has 2 amide bonds. The van der Waals surface area contributed by atoms with Crippen molar-refractivity contribution >= 4 is 22.7 Å². The van der Waals surface area contributed by atoms with Crippen molar-refractivity contribution in [1.29, 1.82) is 0 Å². The maximum atomic E-state index is 13.1. The van der Waals surface area contributed by atoms with Crippen molar-refractivity contribution in [2.45, 2.75) is 26.8 Å². The monoisotopic (exact) mass is 329 g/mol. The number of nitrogens with one attached hydrogen (secondary N) is 1. The van der Waals surface area contributed by atoms with Crippen LogP contribution in [0, 0.1) is 6.92 Å². The summed E-state index contributed by atoms with van der Waals surface area (Å²) >= 11 is 0. The van der Waals surface area contributed by atoms with Crippen molar-refractivity contribution in [1.82, 2.24) is 14.8 Å². The first-order chi connectivity index (χ1) is 11.6. The molecular weight excluding hydrogens is 306 g/mol. The molecule has 3 rings (SSSR count). The quantitative estimate of drug-likeness (QED) is 0.932. The summed E-state index contributed by atoms with van der Waals surface area (Å²) in [5, 5.41) is 3.64. The smallest absolute Gasteiger partial charge is 0.256 e. The predicted octanol–water partition coefficient (Wildman–Crippen LogP) is 1.94. The molecule has 1 aliphatic heterocycles. The van der Waals surface area contributed by atoms with E-state index in [2.05, 4.69) is 16.8 Å². The van der Waals surface area contributed by atoms with Crippen LogP contribution in [0.2, 0.25) is 0 Å². The summed E-state index contributed by atoms with van der Waals surface area (Å²) in [4.78, 5) is 26.3. The molecule has 6 nitrogen and oxygen atoms in total. The average Bonchev–Trinajstić information content (AvgIpc) is 2.86. The van der Waals surface area contributed by atoms with Crippen LogP contribution in [0.1, 0.15) is 29.4 Å². The molecule has 128 valence electrons. The zero-order valence-electron chi connectivity index (χ0n) is 14.4. The molecule has 1 aromatic carbocycles. The number of benzene rings is 1. The van der Waals surface area contributed by atoms with Gasteiger partial charge < -0.3 is 19.5 Å². The van der Waals surface area contributed by atoms with E-state index < -0.39 is 0 Å². The van der Waals surface area contributed by atoms with Crippen LogP contribution in [0.25, 0.3) is 10.9 Å². The Labute approximate surface area is 141 Å². The third-order valence-electron chi connectivity index (χ3n) is 4.52. The minimum Gasteiger partial charge on any atom is -0.497 e. The molecule has 0 unspecified atom stereocenters. The average molecular weight is 329 g/mol. The van der Waals surface area contributed by atoms with E-state index in [0.29, 0.717) is 18.7 Å². The molecule has 2 heterocycles. The first-order valence-electron chi connectivity index (χ1n) is 8.29. The number of rotatable bonds is 4. The summed E-state index contributed by atoms with van der Waals surface area (Å²) in [5.41, 5.74) is 2.64. The molecule has 0 atom stereocenters. The number of nitrogens with zero attached hydrogens (tertiary/aromatic N) is 2. The zero-order valence-corrected chi connectivity index (χ0v) is 14.4. The van der Waals surface area contributed by atoms with Crippen LogP contribution in [0.3, 0.4) is 0 Å². The van der Waals surface area contributed by atoms with E-state index in [-0.39, 0.29) is 18.4 Å². The van der Waals surface area contributed by atoms with Crippen LogP contribution in [0.4, 0.5) is 0 Å². The number of piperazine rings is 1. The lowest BCUT2D eigenvalue weighted by atomic mass is 10.1. The predicted molar refractivity (Wildman–Crippen MR) is 92.4 cm³/mol. The van der Waals surface area contributed by atoms with E-state index in [4.69, 9.17) is 4.74 Å². The number of carbonyl (C=O) groups is 2. The maximum Gasteiger partial charge on any atom is 0.256 e. The number of carbonyl (C=O) groups excluding carboxylic acids is 2. The van der Waals surface area contributed by atoms with Crippen LogP contribution in [0.5, 0.6) is 5.75 Å². The van der Waals surface area contributed by atoms with Gasteiger partial charge in [0.1, 0.15) is 5.75 Å². The largest absolute Gasteiger partial charge is 0.497 e. The highest BCUT2D eigenvalue weighted by molar-refractivity contribution is 6.09. The van der Waals surface area contributed by atoms with Gasteiger partial charge in [0.05, 0.1) is 19.2 Å². The first-order valence-corrected chi connectivity index (χ1v) is 8.29. The van der Waals surface area contributed by atoms with Crippen LogP contribution >= 0.6 is 0 Å². The fourth-order valence-corrected chi connectivity index (χ4v) is 3.34. The molecule has 0 saturated carbocycles. The van der Waals surface area contributed by atoms with Gasteiger partial charge in [0, 0.05) is 36.2 Å². The van der Waals surface area contributed by atoms with Gasteiger partial charge in [-0.25, -0.2) is 0 Å². The number of fused-ring (bicyclic) bond motifs is 1. The Morgan fingerprint density at radius 1 is 1.38 bits per heavy atom. The molecule has 1 N–H and O–H groups in total. The van der Waals surface area contributed by atoms with Gasteiger partial charge in [-0.15, -0.1) is 0 Å². The SMILES string of the molecule is CCCn1c(C)c(C(=O)N2CCNC(=O)C2)c2cc(OC)ccc21. The molecule has 1 aromatic heterocycles. The second kappa shape index (κ2) is 6.55. The summed E-state index contributed by atoms with van der Waals surface area (Å²) in [6.07, 6.45) is 0.983. The first kappa shape index (κ1) is 16.4. The van der Waals surface area contributed by atoms with Crippen LogP contribution in [-0.4, -0.2) is 48.0 Å². The Morgan fingerprint density at radius 3 is 2.83 bits per heavy atom. The highest BCUT2D eigenvalue weighted by atomic mass is 16.5. The Kier molecular flexibility index (Phi) is 4.46. The summed E-state index contributed by atoms with van der Waals surface area (Å²) in [6, 6.07) is 5.82. The molecule has 0 aliphatic carbocycles. The van der Waals surface area contributed by atoms with Crippen LogP contribution in [-0.2, 0) is 11.3 Å². The molecular formula is C18H23N3O3. The van der Waals surface area contributed by atoms with E-state index in [1.807, 2.05) is 25.1 Å². The number of aryl methyl sites for hydroxylation is 1. The Balaban J connectivity index is 2.12. The van der Waals surface area contributed by atoms with Gasteiger partial charge in [0.15, 0.2) is 0 Å². The number of methoxy groups -OCH3 is 1. The highest BCUT2D eigenvalue weighted by Gasteiger charge is 2.27. The number of hydrogen-bond acceptors (Lipinski definition) is 3. The van der Waals surface area contributed by atoms with Crippen molar-refractivity contribution in [2.24, 2.45) is 0 Å². The lowest BCUT2D eigenvalue weighted by Crippen LogP contribution is -2.50. The second-order valence-electron chi connectivity index (χ2n) is 6.07. The molecule has 2 aromatic rings. The maximum absolute atomic E-state index is 13.1. The van der Waals surface area contributed by atoms with Gasteiger partial charge in [-0.1, -0.05) is 6.92 Å². The molecule has 1 saturated heterocycles. The lowest BCUT2D eigenvalue weighted by molar-refractivity contribution is -0.123. The number of aromatic nitrogens is 1. The summed E-state index contributed by atoms with van der Waals surface area (Å²) < 4.78 is 7.50. The van der Waals surface area contributed by atoms with Gasteiger partial charge in [-0.05, 0) is 31.5 Å². The third kappa shape index (κ3) is 2.72. The normalized spacial score (nSPS) is 14.8. The minimum absolute atomic E-state index is 0.0875. The minimum atomic E-state index is -0.109. The fourth-order valence-electron chi connectivity index (χ4n) is 3.34. The number of hydrogen-bond donors (Lipinski definition) is 1. The van der Waals surface area contributed by atoms with Crippen molar-refractivity contribution in [3.8, 4) is 5.75 Å². The standard InChI is InChI=1S/C18H23N3O3/c1-4-8-21-12(2)17(14-10-13(24-3)5-6-15(14)21)18(23)20-9-7-19-16(22)11-20/h5-6,10H,4,7-9,11H2,1-3H3,(H,19,22). The van der Waals surface area contributed by atoms with Crippen molar-refractivity contribution in [3.05, 3.63) is 29.5 Å². The van der Waals surface area contributed by atoms with E-state index in [1.54, 1.807) is 12.0 Å². The third-order valence-corrected chi connectivity index (χ3v) is 4.52. The molecule has 24 heavy (non-hydrogen) atoms.